The van der Waals surface area contributed by atoms with Crippen LogP contribution >= 0.6 is 0 Å². The fraction of sp³-hybridized carbons (Fsp3) is 0.286. The molecule has 0 heterocycles. The van der Waals surface area contributed by atoms with E-state index >= 15 is 0 Å². The predicted molar refractivity (Wildman–Crippen MR) is 75.0 cm³/mol. The Kier molecular flexibility index (Phi) is 4.14. The summed E-state index contributed by atoms with van der Waals surface area (Å²) in [5.74, 6) is 0. The van der Waals surface area contributed by atoms with Crippen LogP contribution in [-0.2, 0) is 13.3 Å². The van der Waals surface area contributed by atoms with Gasteiger partial charge in [0.2, 0.25) is 0 Å². The average molecular weight is 262 g/mol. The number of fused-ring (bicyclic) bond motifs is 1. The van der Waals surface area contributed by atoms with Gasteiger partial charge in [-0.2, -0.15) is 0 Å². The lowest BCUT2D eigenvalue weighted by atomic mass is 10.1. The molecule has 0 aliphatic rings. The summed E-state index contributed by atoms with van der Waals surface area (Å²) in [5.41, 5.74) is 0. The van der Waals surface area contributed by atoms with Gasteiger partial charge in [-0.25, -0.2) is 0 Å². The topological polar surface area (TPSA) is 27.7 Å². The van der Waals surface area contributed by atoms with E-state index in [2.05, 4.69) is 18.2 Å². The minimum Gasteiger partial charge on any atom is -0.373 e. The van der Waals surface area contributed by atoms with E-state index in [1.54, 1.807) is 14.2 Å². The van der Waals surface area contributed by atoms with Crippen molar-refractivity contribution in [1.82, 2.24) is 0 Å². The van der Waals surface area contributed by atoms with Gasteiger partial charge < -0.3 is 13.3 Å². The molecule has 0 unspecified atom stereocenters. The van der Waals surface area contributed by atoms with Crippen LogP contribution in [0.5, 0.6) is 0 Å². The van der Waals surface area contributed by atoms with E-state index < -0.39 is 8.80 Å². The van der Waals surface area contributed by atoms with Crippen molar-refractivity contribution in [3.8, 4) is 0 Å². The molecule has 0 aromatic heterocycles. The summed E-state index contributed by atoms with van der Waals surface area (Å²) in [6.45, 7) is 2.52. The van der Waals surface area contributed by atoms with Crippen molar-refractivity contribution in [2.45, 2.75) is 6.92 Å². The molecule has 0 spiro atoms. The number of benzene rings is 2. The summed E-state index contributed by atoms with van der Waals surface area (Å²) >= 11 is 0. The Hall–Kier alpha value is -1.20. The van der Waals surface area contributed by atoms with E-state index in [1.165, 1.54) is 5.39 Å². The van der Waals surface area contributed by atoms with Gasteiger partial charge >= 0.3 is 8.80 Å². The van der Waals surface area contributed by atoms with Crippen LogP contribution in [0, 0.1) is 0 Å². The summed E-state index contributed by atoms with van der Waals surface area (Å²) in [6, 6.07) is 14.3. The molecule has 4 heteroatoms. The zero-order valence-corrected chi connectivity index (χ0v) is 12.0. The van der Waals surface area contributed by atoms with E-state index in [-0.39, 0.29) is 0 Å². The molecule has 0 aliphatic carbocycles. The molecule has 0 N–H and O–H groups in total. The average Bonchev–Trinajstić information content (AvgIpc) is 2.44. The van der Waals surface area contributed by atoms with Crippen molar-refractivity contribution in [1.29, 1.82) is 0 Å². The predicted octanol–water partition coefficient (Wildman–Crippen LogP) is 2.32. The molecule has 18 heavy (non-hydrogen) atoms. The molecule has 0 radical (unpaired) electrons. The fourth-order valence-corrected chi connectivity index (χ4v) is 4.42. The van der Waals surface area contributed by atoms with Crippen LogP contribution in [-0.4, -0.2) is 29.6 Å². The quantitative estimate of drug-likeness (QED) is 0.774. The lowest BCUT2D eigenvalue weighted by Gasteiger charge is -2.27. The van der Waals surface area contributed by atoms with Crippen LogP contribution in [0.2, 0.25) is 0 Å². The normalized spacial score (nSPS) is 11.9. The molecule has 0 aliphatic heterocycles. The Morgan fingerprint density at radius 3 is 2.28 bits per heavy atom. The SMILES string of the molecule is CCO[Si](OC)(OC)c1cccc2ccccc12. The summed E-state index contributed by atoms with van der Waals surface area (Å²) in [4.78, 5) is 0. The first-order valence-electron chi connectivity index (χ1n) is 6.00. The highest BCUT2D eigenvalue weighted by atomic mass is 28.4. The lowest BCUT2D eigenvalue weighted by molar-refractivity contribution is 0.120. The number of hydrogen-bond donors (Lipinski definition) is 0. The smallest absolute Gasteiger partial charge is 0.373 e. The van der Waals surface area contributed by atoms with Gasteiger partial charge in [0.05, 0.1) is 0 Å². The summed E-state index contributed by atoms with van der Waals surface area (Å²) in [5, 5.41) is 3.32. The van der Waals surface area contributed by atoms with E-state index in [9.17, 15) is 0 Å². The van der Waals surface area contributed by atoms with Crippen LogP contribution in [0.25, 0.3) is 10.8 Å². The zero-order valence-electron chi connectivity index (χ0n) is 11.0. The maximum absolute atomic E-state index is 5.82. The Morgan fingerprint density at radius 2 is 1.61 bits per heavy atom. The second kappa shape index (κ2) is 5.62. The molecule has 96 valence electrons. The molecule has 0 bridgehead atoms. The second-order valence-corrected chi connectivity index (χ2v) is 6.68. The van der Waals surface area contributed by atoms with E-state index in [1.807, 2.05) is 31.2 Å². The molecule has 2 rings (SSSR count). The molecule has 0 saturated heterocycles. The first-order valence-corrected chi connectivity index (χ1v) is 7.72. The molecule has 0 fully saturated rings. The van der Waals surface area contributed by atoms with Gasteiger partial charge in [0.1, 0.15) is 0 Å². The molecule has 2 aromatic rings. The van der Waals surface area contributed by atoms with Crippen molar-refractivity contribution in [3.05, 3.63) is 42.5 Å². The van der Waals surface area contributed by atoms with Crippen molar-refractivity contribution in [3.63, 3.8) is 0 Å². The molecule has 0 saturated carbocycles. The standard InChI is InChI=1S/C14H18O3Si/c1-4-17-18(15-2,16-3)14-11-7-9-12-8-5-6-10-13(12)14/h5-11H,4H2,1-3H3. The van der Waals surface area contributed by atoms with Gasteiger partial charge in [-0.3, -0.25) is 0 Å². The number of hydrogen-bond acceptors (Lipinski definition) is 3. The molecule has 0 amide bonds. The molecular weight excluding hydrogens is 244 g/mol. The third-order valence-electron chi connectivity index (χ3n) is 2.99. The van der Waals surface area contributed by atoms with Gasteiger partial charge in [0.25, 0.3) is 0 Å². The minimum atomic E-state index is -2.78. The van der Waals surface area contributed by atoms with Crippen LogP contribution in [0.15, 0.2) is 42.5 Å². The van der Waals surface area contributed by atoms with E-state index in [4.69, 9.17) is 13.3 Å². The first kappa shape index (κ1) is 13.2. The van der Waals surface area contributed by atoms with Crippen LogP contribution in [0.1, 0.15) is 6.92 Å². The summed E-state index contributed by atoms with van der Waals surface area (Å²) in [7, 11) is 0.508. The zero-order chi connectivity index (χ0) is 13.0. The van der Waals surface area contributed by atoms with Crippen LogP contribution < -0.4 is 5.19 Å². The van der Waals surface area contributed by atoms with Crippen molar-refractivity contribution in [2.75, 3.05) is 20.8 Å². The molecular formula is C14H18O3Si. The fourth-order valence-electron chi connectivity index (χ4n) is 2.18. The molecule has 0 atom stereocenters. The second-order valence-electron chi connectivity index (χ2n) is 3.92. The van der Waals surface area contributed by atoms with Gasteiger partial charge in [-0.15, -0.1) is 0 Å². The highest BCUT2D eigenvalue weighted by Gasteiger charge is 2.42. The van der Waals surface area contributed by atoms with Gasteiger partial charge in [0, 0.05) is 26.0 Å². The lowest BCUT2D eigenvalue weighted by Crippen LogP contribution is -2.55. The molecule has 2 aromatic carbocycles. The van der Waals surface area contributed by atoms with Crippen LogP contribution in [0.3, 0.4) is 0 Å². The first-order chi connectivity index (χ1) is 8.77. The van der Waals surface area contributed by atoms with Crippen molar-refractivity contribution < 1.29 is 13.3 Å². The van der Waals surface area contributed by atoms with E-state index in [0.29, 0.717) is 6.61 Å². The Bertz CT molecular complexity index is 518. The third-order valence-corrected chi connectivity index (χ3v) is 5.83. The van der Waals surface area contributed by atoms with Crippen molar-refractivity contribution in [2.24, 2.45) is 0 Å². The monoisotopic (exact) mass is 262 g/mol. The third kappa shape index (κ3) is 2.20. The Labute approximate surface area is 109 Å². The van der Waals surface area contributed by atoms with Crippen LogP contribution in [0.4, 0.5) is 0 Å². The highest BCUT2D eigenvalue weighted by Crippen LogP contribution is 2.17. The highest BCUT2D eigenvalue weighted by molar-refractivity contribution is 6.77. The van der Waals surface area contributed by atoms with Crippen molar-refractivity contribution >= 4 is 24.8 Å². The van der Waals surface area contributed by atoms with Gasteiger partial charge in [-0.1, -0.05) is 42.5 Å². The number of rotatable bonds is 5. The van der Waals surface area contributed by atoms with E-state index in [0.717, 1.165) is 10.6 Å². The maximum Gasteiger partial charge on any atom is 0.537 e. The Morgan fingerprint density at radius 1 is 0.944 bits per heavy atom. The summed E-state index contributed by atoms with van der Waals surface area (Å²) < 4.78 is 17.0. The Balaban J connectivity index is 2.64. The van der Waals surface area contributed by atoms with Gasteiger partial charge in [0.15, 0.2) is 0 Å². The minimum absolute atomic E-state index is 0.567. The molecule has 3 nitrogen and oxygen atoms in total. The largest absolute Gasteiger partial charge is 0.537 e. The maximum atomic E-state index is 5.82. The summed E-state index contributed by atoms with van der Waals surface area (Å²) in [6.07, 6.45) is 0. The van der Waals surface area contributed by atoms with Gasteiger partial charge in [-0.05, 0) is 17.7 Å².